The molecule has 0 N–H and O–H groups in total. The Bertz CT molecular complexity index is 44.0. The van der Waals surface area contributed by atoms with E-state index in [1.807, 2.05) is 33.8 Å². The Kier molecular flexibility index (Phi) is 34.9. The molecule has 0 saturated carbocycles. The highest BCUT2D eigenvalue weighted by molar-refractivity contribution is 4.66. The number of rotatable bonds is 3. The molecule has 0 aliphatic carbocycles. The maximum absolute atomic E-state index is 3.63. The van der Waals surface area contributed by atoms with Crippen molar-refractivity contribution in [2.45, 2.75) is 54.4 Å². The Hall–Kier alpha value is -0.260. The molecule has 0 aromatic carbocycles. The Morgan fingerprint density at radius 2 is 1.45 bits per heavy atom. The van der Waals surface area contributed by atoms with Gasteiger partial charge in [-0.15, -0.1) is 6.58 Å². The van der Waals surface area contributed by atoms with Crippen LogP contribution in [0.15, 0.2) is 12.7 Å². The second-order valence-corrected chi connectivity index (χ2v) is 2.26. The summed E-state index contributed by atoms with van der Waals surface area (Å²) in [6, 6.07) is 0. The summed E-state index contributed by atoms with van der Waals surface area (Å²) < 4.78 is 0. The molecule has 0 aromatic heterocycles. The van der Waals surface area contributed by atoms with Gasteiger partial charge < -0.3 is 0 Å². The lowest BCUT2D eigenvalue weighted by Gasteiger charge is -1.96. The van der Waals surface area contributed by atoms with Gasteiger partial charge in [-0.3, -0.25) is 0 Å². The van der Waals surface area contributed by atoms with Crippen molar-refractivity contribution in [1.82, 2.24) is 0 Å². The van der Waals surface area contributed by atoms with Crippen molar-refractivity contribution in [2.24, 2.45) is 5.92 Å². The highest BCUT2D eigenvalue weighted by Gasteiger charge is 1.87. The van der Waals surface area contributed by atoms with Gasteiger partial charge in [0.1, 0.15) is 0 Å². The molecule has 11 heavy (non-hydrogen) atoms. The lowest BCUT2D eigenvalue weighted by atomic mass is 10.1. The summed E-state index contributed by atoms with van der Waals surface area (Å²) in [7, 11) is 0. The molecule has 0 rings (SSSR count). The van der Waals surface area contributed by atoms with Crippen LogP contribution in [0, 0.1) is 5.92 Å². The third kappa shape index (κ3) is 41.7. The van der Waals surface area contributed by atoms with Crippen LogP contribution in [0.4, 0.5) is 0 Å². The first kappa shape index (κ1) is 17.0. The molecule has 0 aliphatic rings. The fraction of sp³-hybridized carbons (Fsp3) is 0.818. The molecule has 0 fully saturated rings. The minimum atomic E-state index is 0.831. The second-order valence-electron chi connectivity index (χ2n) is 2.26. The van der Waals surface area contributed by atoms with Crippen molar-refractivity contribution in [3.05, 3.63) is 12.7 Å². The van der Waals surface area contributed by atoms with Crippen molar-refractivity contribution >= 4 is 0 Å². The zero-order valence-electron chi connectivity index (χ0n) is 9.28. The first-order valence-corrected chi connectivity index (χ1v) is 4.88. The lowest BCUT2D eigenvalue weighted by Crippen LogP contribution is -1.82. The van der Waals surface area contributed by atoms with Gasteiger partial charge in [-0.05, 0) is 18.8 Å². The van der Waals surface area contributed by atoms with Crippen molar-refractivity contribution in [3.63, 3.8) is 0 Å². The van der Waals surface area contributed by atoms with Crippen LogP contribution in [-0.4, -0.2) is 0 Å². The first-order valence-electron chi connectivity index (χ1n) is 4.88. The van der Waals surface area contributed by atoms with E-state index in [1.54, 1.807) is 0 Å². The van der Waals surface area contributed by atoms with E-state index in [4.69, 9.17) is 0 Å². The Labute approximate surface area is 73.7 Å². The number of allylic oxidation sites excluding steroid dienone is 1. The molecule has 0 amide bonds. The van der Waals surface area contributed by atoms with Gasteiger partial charge in [-0.2, -0.15) is 0 Å². The van der Waals surface area contributed by atoms with Crippen LogP contribution in [0.1, 0.15) is 54.4 Å². The molecule has 0 heteroatoms. The third-order valence-corrected chi connectivity index (χ3v) is 0.948. The predicted octanol–water partition coefficient (Wildman–Crippen LogP) is 4.66. The highest BCUT2D eigenvalue weighted by atomic mass is 13.9. The van der Waals surface area contributed by atoms with Crippen LogP contribution in [0.5, 0.6) is 0 Å². The summed E-state index contributed by atoms with van der Waals surface area (Å²) in [6.45, 7) is 16.1. The lowest BCUT2D eigenvalue weighted by molar-refractivity contribution is 0.595. The maximum Gasteiger partial charge on any atom is -0.0351 e. The van der Waals surface area contributed by atoms with Crippen molar-refractivity contribution in [3.8, 4) is 0 Å². The average Bonchev–Trinajstić information content (AvgIpc) is 2.08. The van der Waals surface area contributed by atoms with Gasteiger partial charge >= 0.3 is 0 Å². The highest BCUT2D eigenvalue weighted by Crippen LogP contribution is 2.02. The van der Waals surface area contributed by atoms with Gasteiger partial charge in [-0.25, -0.2) is 0 Å². The van der Waals surface area contributed by atoms with Crippen LogP contribution < -0.4 is 0 Å². The quantitative estimate of drug-likeness (QED) is 0.524. The van der Waals surface area contributed by atoms with Crippen LogP contribution in [-0.2, 0) is 0 Å². The fourth-order valence-electron chi connectivity index (χ4n) is 0.451. The molecule has 0 atom stereocenters. The Balaban J connectivity index is -0.000000138. The normalized spacial score (nSPS) is 7.18. The third-order valence-electron chi connectivity index (χ3n) is 0.948. The van der Waals surface area contributed by atoms with Crippen LogP contribution >= 0.6 is 0 Å². The van der Waals surface area contributed by atoms with Crippen molar-refractivity contribution in [2.75, 3.05) is 0 Å². The molecule has 0 radical (unpaired) electrons. The van der Waals surface area contributed by atoms with E-state index in [9.17, 15) is 0 Å². The van der Waals surface area contributed by atoms with E-state index in [2.05, 4.69) is 20.4 Å². The minimum absolute atomic E-state index is 0.831. The smallest absolute Gasteiger partial charge is 0.0351 e. The Morgan fingerprint density at radius 3 is 1.55 bits per heavy atom. The van der Waals surface area contributed by atoms with E-state index in [-0.39, 0.29) is 0 Å². The molecule has 0 aromatic rings. The molecular formula is C11H26. The maximum atomic E-state index is 3.63. The fourth-order valence-corrected chi connectivity index (χ4v) is 0.451. The van der Waals surface area contributed by atoms with Gasteiger partial charge in [0.15, 0.2) is 0 Å². The first-order chi connectivity index (χ1) is 5.27. The Morgan fingerprint density at radius 1 is 1.09 bits per heavy atom. The summed E-state index contributed by atoms with van der Waals surface area (Å²) in [5.74, 6) is 0.831. The summed E-state index contributed by atoms with van der Waals surface area (Å²) in [5.41, 5.74) is 0. The van der Waals surface area contributed by atoms with Gasteiger partial charge in [0.2, 0.25) is 0 Å². The topological polar surface area (TPSA) is 0 Å². The second kappa shape index (κ2) is 22.6. The van der Waals surface area contributed by atoms with E-state index >= 15 is 0 Å². The summed E-state index contributed by atoms with van der Waals surface area (Å²) in [4.78, 5) is 0. The molecule has 0 unspecified atom stereocenters. The zero-order valence-corrected chi connectivity index (χ0v) is 9.28. The molecule has 0 spiro atoms. The standard InChI is InChI=1S/C7H14.2C2H6/c1-4-5-6-7(2)3;2*1-2/h4,7H,1,5-6H2,2-3H3;2*1-2H3. The average molecular weight is 158 g/mol. The molecule has 0 aliphatic heterocycles. The van der Waals surface area contributed by atoms with Gasteiger partial charge in [0.05, 0.1) is 0 Å². The molecule has 0 heterocycles. The zero-order chi connectivity index (χ0) is 9.70. The van der Waals surface area contributed by atoms with Crippen molar-refractivity contribution in [1.29, 1.82) is 0 Å². The van der Waals surface area contributed by atoms with Crippen LogP contribution in [0.2, 0.25) is 0 Å². The summed E-state index contributed by atoms with van der Waals surface area (Å²) in [5, 5.41) is 0. The SMILES string of the molecule is C=CCCC(C)C.CC.CC. The van der Waals surface area contributed by atoms with Crippen LogP contribution in [0.25, 0.3) is 0 Å². The molecule has 0 bridgehead atoms. The summed E-state index contributed by atoms with van der Waals surface area (Å²) in [6.07, 6.45) is 4.42. The van der Waals surface area contributed by atoms with Gasteiger partial charge in [-0.1, -0.05) is 47.6 Å². The monoisotopic (exact) mass is 158 g/mol. The van der Waals surface area contributed by atoms with Crippen molar-refractivity contribution < 1.29 is 0 Å². The van der Waals surface area contributed by atoms with E-state index in [1.165, 1.54) is 6.42 Å². The minimum Gasteiger partial charge on any atom is -0.103 e. The largest absolute Gasteiger partial charge is 0.103 e. The van der Waals surface area contributed by atoms with Gasteiger partial charge in [0, 0.05) is 0 Å². The van der Waals surface area contributed by atoms with E-state index in [0.717, 1.165) is 12.3 Å². The molecule has 0 saturated heterocycles. The van der Waals surface area contributed by atoms with Crippen LogP contribution in [0.3, 0.4) is 0 Å². The molecule has 70 valence electrons. The number of hydrogen-bond donors (Lipinski definition) is 0. The molecular weight excluding hydrogens is 132 g/mol. The number of hydrogen-bond acceptors (Lipinski definition) is 0. The van der Waals surface area contributed by atoms with Gasteiger partial charge in [0.25, 0.3) is 0 Å². The van der Waals surface area contributed by atoms with E-state index in [0.29, 0.717) is 0 Å². The summed E-state index contributed by atoms with van der Waals surface area (Å²) >= 11 is 0. The molecule has 0 nitrogen and oxygen atoms in total. The predicted molar refractivity (Wildman–Crippen MR) is 57.0 cm³/mol. The van der Waals surface area contributed by atoms with E-state index < -0.39 is 0 Å².